The number of halogens is 1. The first-order valence-electron chi connectivity index (χ1n) is 6.34. The molecule has 0 heterocycles. The average Bonchev–Trinajstić information content (AvgIpc) is 2.35. The summed E-state index contributed by atoms with van der Waals surface area (Å²) in [7, 11) is 1.62. The van der Waals surface area contributed by atoms with Gasteiger partial charge in [0.05, 0.1) is 12.1 Å². The van der Waals surface area contributed by atoms with E-state index in [1.807, 2.05) is 18.2 Å². The Kier molecular flexibility index (Phi) is 5.93. The van der Waals surface area contributed by atoms with Crippen molar-refractivity contribution in [3.05, 3.63) is 28.8 Å². The van der Waals surface area contributed by atoms with Crippen molar-refractivity contribution in [1.82, 2.24) is 4.90 Å². The molecule has 0 saturated carbocycles. The van der Waals surface area contributed by atoms with E-state index < -0.39 is 0 Å². The Bertz CT molecular complexity index is 382. The van der Waals surface area contributed by atoms with E-state index in [0.717, 1.165) is 12.1 Å². The first-order valence-corrected chi connectivity index (χ1v) is 6.72. The van der Waals surface area contributed by atoms with Crippen LogP contribution in [0.3, 0.4) is 0 Å². The number of rotatable bonds is 6. The van der Waals surface area contributed by atoms with Gasteiger partial charge < -0.3 is 10.5 Å². The van der Waals surface area contributed by atoms with Gasteiger partial charge in [-0.25, -0.2) is 0 Å². The van der Waals surface area contributed by atoms with Gasteiger partial charge in [-0.05, 0) is 38.1 Å². The normalized spacial score (nSPS) is 13.1. The van der Waals surface area contributed by atoms with Crippen molar-refractivity contribution in [2.45, 2.75) is 32.9 Å². The zero-order chi connectivity index (χ0) is 13.7. The molecular weight excluding hydrogens is 248 g/mol. The summed E-state index contributed by atoms with van der Waals surface area (Å²) in [5.74, 6) is 0.698. The van der Waals surface area contributed by atoms with Crippen LogP contribution in [0.4, 0.5) is 0 Å². The lowest BCUT2D eigenvalue weighted by Gasteiger charge is -2.33. The van der Waals surface area contributed by atoms with E-state index in [9.17, 15) is 0 Å². The average molecular weight is 271 g/mol. The topological polar surface area (TPSA) is 38.5 Å². The minimum Gasteiger partial charge on any atom is -0.495 e. The quantitative estimate of drug-likeness (QED) is 0.863. The third-order valence-electron chi connectivity index (χ3n) is 3.21. The number of likely N-dealkylation sites (N-methyl/N-ethyl adjacent to an activating group) is 1. The number of ether oxygens (including phenoxy) is 1. The van der Waals surface area contributed by atoms with Crippen LogP contribution in [0, 0.1) is 0 Å². The molecule has 1 aromatic rings. The van der Waals surface area contributed by atoms with Crippen LogP contribution >= 0.6 is 11.6 Å². The summed E-state index contributed by atoms with van der Waals surface area (Å²) in [5, 5.41) is 0.633. The summed E-state index contributed by atoms with van der Waals surface area (Å²) >= 11 is 6.17. The lowest BCUT2D eigenvalue weighted by atomic mass is 10.0. The van der Waals surface area contributed by atoms with Crippen LogP contribution in [0.5, 0.6) is 5.75 Å². The molecule has 1 rings (SSSR count). The summed E-state index contributed by atoms with van der Waals surface area (Å²) in [6, 6.07) is 6.52. The first kappa shape index (κ1) is 15.3. The molecule has 0 aliphatic carbocycles. The van der Waals surface area contributed by atoms with Gasteiger partial charge in [-0.3, -0.25) is 4.90 Å². The fraction of sp³-hybridized carbons (Fsp3) is 0.571. The molecule has 0 aliphatic rings. The Balaban J connectivity index is 3.05. The molecule has 0 saturated heterocycles. The van der Waals surface area contributed by atoms with Crippen LogP contribution in [0.15, 0.2) is 18.2 Å². The zero-order valence-corrected chi connectivity index (χ0v) is 12.4. The molecule has 0 radical (unpaired) electrons. The number of hydrogen-bond donors (Lipinski definition) is 1. The fourth-order valence-electron chi connectivity index (χ4n) is 2.30. The highest BCUT2D eigenvalue weighted by Gasteiger charge is 2.20. The smallest absolute Gasteiger partial charge is 0.137 e. The molecule has 3 nitrogen and oxygen atoms in total. The molecule has 0 amide bonds. The van der Waals surface area contributed by atoms with Crippen LogP contribution in [0.1, 0.15) is 32.4 Å². The highest BCUT2D eigenvalue weighted by molar-refractivity contribution is 6.32. The van der Waals surface area contributed by atoms with Crippen LogP contribution in [0.25, 0.3) is 0 Å². The highest BCUT2D eigenvalue weighted by atomic mass is 35.5. The minimum atomic E-state index is 0.193. The number of hydrogen-bond acceptors (Lipinski definition) is 3. The molecule has 4 heteroatoms. The molecule has 0 aliphatic heterocycles. The number of methoxy groups -OCH3 is 1. The van der Waals surface area contributed by atoms with Crippen molar-refractivity contribution in [2.24, 2.45) is 5.73 Å². The predicted molar refractivity (Wildman–Crippen MR) is 77.3 cm³/mol. The van der Waals surface area contributed by atoms with Gasteiger partial charge in [0.25, 0.3) is 0 Å². The van der Waals surface area contributed by atoms with Crippen molar-refractivity contribution >= 4 is 11.6 Å². The fourth-order valence-corrected chi connectivity index (χ4v) is 2.56. The summed E-state index contributed by atoms with van der Waals surface area (Å²) in [5.41, 5.74) is 7.06. The summed E-state index contributed by atoms with van der Waals surface area (Å²) in [6.07, 6.45) is 0. The molecule has 18 heavy (non-hydrogen) atoms. The molecule has 1 unspecified atom stereocenters. The van der Waals surface area contributed by atoms with E-state index in [2.05, 4.69) is 25.7 Å². The Morgan fingerprint density at radius 2 is 2.06 bits per heavy atom. The standard InChI is InChI=1S/C14H23ClN2O/c1-5-17(10(2)3)13(9-16)11-6-7-14(18-4)12(15)8-11/h6-8,10,13H,5,9,16H2,1-4H3. The van der Waals surface area contributed by atoms with Crippen molar-refractivity contribution < 1.29 is 4.74 Å². The molecule has 0 spiro atoms. The van der Waals surface area contributed by atoms with Crippen LogP contribution in [-0.2, 0) is 0 Å². The van der Waals surface area contributed by atoms with Crippen molar-refractivity contribution in [1.29, 1.82) is 0 Å². The van der Waals surface area contributed by atoms with E-state index in [0.29, 0.717) is 23.4 Å². The number of nitrogens with two attached hydrogens (primary N) is 1. The molecule has 0 bridgehead atoms. The highest BCUT2D eigenvalue weighted by Crippen LogP contribution is 2.30. The van der Waals surface area contributed by atoms with E-state index in [4.69, 9.17) is 22.1 Å². The maximum absolute atomic E-state index is 6.17. The summed E-state index contributed by atoms with van der Waals surface area (Å²) < 4.78 is 5.17. The lowest BCUT2D eigenvalue weighted by Crippen LogP contribution is -2.38. The van der Waals surface area contributed by atoms with Crippen LogP contribution in [0.2, 0.25) is 5.02 Å². The van der Waals surface area contributed by atoms with E-state index in [-0.39, 0.29) is 6.04 Å². The summed E-state index contributed by atoms with van der Waals surface area (Å²) in [4.78, 5) is 2.36. The van der Waals surface area contributed by atoms with Gasteiger partial charge in [0.1, 0.15) is 5.75 Å². The molecule has 0 aromatic heterocycles. The van der Waals surface area contributed by atoms with E-state index >= 15 is 0 Å². The third kappa shape index (κ3) is 3.37. The Labute approximate surface area is 115 Å². The lowest BCUT2D eigenvalue weighted by molar-refractivity contribution is 0.166. The largest absolute Gasteiger partial charge is 0.495 e. The van der Waals surface area contributed by atoms with Gasteiger partial charge >= 0.3 is 0 Å². The second kappa shape index (κ2) is 6.98. The van der Waals surface area contributed by atoms with E-state index in [1.165, 1.54) is 0 Å². The monoisotopic (exact) mass is 270 g/mol. The van der Waals surface area contributed by atoms with Gasteiger partial charge in [-0.1, -0.05) is 24.6 Å². The second-order valence-corrected chi connectivity index (χ2v) is 4.98. The maximum Gasteiger partial charge on any atom is 0.137 e. The zero-order valence-electron chi connectivity index (χ0n) is 11.6. The van der Waals surface area contributed by atoms with Crippen LogP contribution < -0.4 is 10.5 Å². The summed E-state index contributed by atoms with van der Waals surface area (Å²) in [6.45, 7) is 8.04. The Morgan fingerprint density at radius 1 is 1.39 bits per heavy atom. The Morgan fingerprint density at radius 3 is 2.44 bits per heavy atom. The van der Waals surface area contributed by atoms with Gasteiger partial charge in [0.15, 0.2) is 0 Å². The Hall–Kier alpha value is -0.770. The minimum absolute atomic E-state index is 0.193. The van der Waals surface area contributed by atoms with Gasteiger partial charge in [-0.15, -0.1) is 0 Å². The molecule has 1 atom stereocenters. The van der Waals surface area contributed by atoms with Crippen LogP contribution in [-0.4, -0.2) is 31.1 Å². The number of benzene rings is 1. The SMILES string of the molecule is CCN(C(C)C)C(CN)c1ccc(OC)c(Cl)c1. The maximum atomic E-state index is 6.17. The van der Waals surface area contributed by atoms with Gasteiger partial charge in [-0.2, -0.15) is 0 Å². The molecule has 2 N–H and O–H groups in total. The predicted octanol–water partition coefficient (Wildman–Crippen LogP) is 3.08. The van der Waals surface area contributed by atoms with Crippen molar-refractivity contribution in [3.8, 4) is 5.75 Å². The van der Waals surface area contributed by atoms with Gasteiger partial charge in [0.2, 0.25) is 0 Å². The third-order valence-corrected chi connectivity index (χ3v) is 3.51. The van der Waals surface area contributed by atoms with Crippen molar-refractivity contribution in [3.63, 3.8) is 0 Å². The van der Waals surface area contributed by atoms with E-state index in [1.54, 1.807) is 7.11 Å². The second-order valence-electron chi connectivity index (χ2n) is 4.57. The molecule has 0 fully saturated rings. The molecular formula is C14H23ClN2O. The number of nitrogens with zero attached hydrogens (tertiary/aromatic N) is 1. The first-order chi connectivity index (χ1) is 8.54. The molecule has 102 valence electrons. The van der Waals surface area contributed by atoms with Gasteiger partial charge in [0, 0.05) is 18.6 Å². The van der Waals surface area contributed by atoms with Crippen molar-refractivity contribution in [2.75, 3.05) is 20.2 Å². The molecule has 1 aromatic carbocycles.